The average molecular weight is 543 g/mol. The summed E-state index contributed by atoms with van der Waals surface area (Å²) in [6, 6.07) is 47.1. The molecule has 0 saturated heterocycles. The van der Waals surface area contributed by atoms with Crippen molar-refractivity contribution in [3.05, 3.63) is 133 Å². The van der Waals surface area contributed by atoms with Crippen molar-refractivity contribution in [1.82, 2.24) is 0 Å². The first-order valence-corrected chi connectivity index (χ1v) is 15.3. The molecule has 0 saturated carbocycles. The number of rotatable bonds is 2. The minimum Gasteiger partial charge on any atom is -0.143 e. The zero-order valence-corrected chi connectivity index (χ0v) is 23.2. The average Bonchev–Trinajstić information content (AvgIpc) is 3.64. The van der Waals surface area contributed by atoms with Gasteiger partial charge in [-0.3, -0.25) is 0 Å². The first-order valence-electron chi connectivity index (χ1n) is 13.6. The van der Waals surface area contributed by atoms with E-state index in [1.54, 1.807) is 0 Å². The summed E-state index contributed by atoms with van der Waals surface area (Å²) in [7, 11) is 0. The molecule has 0 aliphatic carbocycles. The Labute approximate surface area is 239 Å². The SMILES string of the molecule is c1ccc2cc(-c3c4ccccc4c(-c4cc5ccsc5c5c4sc4ccccc45)c4ccccc34)ccc2c1. The van der Waals surface area contributed by atoms with E-state index in [9.17, 15) is 0 Å². The highest BCUT2D eigenvalue weighted by Crippen LogP contribution is 2.50. The molecule has 0 fully saturated rings. The summed E-state index contributed by atoms with van der Waals surface area (Å²) in [5.41, 5.74) is 5.24. The van der Waals surface area contributed by atoms with Crippen LogP contribution >= 0.6 is 22.7 Å². The molecule has 0 amide bonds. The first-order chi connectivity index (χ1) is 19.8. The normalized spacial score (nSPS) is 12.0. The van der Waals surface area contributed by atoms with E-state index in [0.717, 1.165) is 0 Å². The molecule has 2 aromatic heterocycles. The zero-order valence-electron chi connectivity index (χ0n) is 21.5. The van der Waals surface area contributed by atoms with Crippen LogP contribution in [0.4, 0.5) is 0 Å². The van der Waals surface area contributed by atoms with E-state index in [1.807, 2.05) is 22.7 Å². The molecule has 0 aliphatic heterocycles. The molecule has 2 heteroatoms. The lowest BCUT2D eigenvalue weighted by atomic mass is 9.85. The molecule has 0 aliphatic rings. The molecule has 9 aromatic rings. The van der Waals surface area contributed by atoms with Gasteiger partial charge >= 0.3 is 0 Å². The van der Waals surface area contributed by atoms with E-state index in [1.165, 1.54) is 84.8 Å². The summed E-state index contributed by atoms with van der Waals surface area (Å²) in [5.74, 6) is 0. The minimum atomic E-state index is 1.26. The van der Waals surface area contributed by atoms with Crippen LogP contribution in [0.3, 0.4) is 0 Å². The van der Waals surface area contributed by atoms with Gasteiger partial charge in [0, 0.05) is 30.4 Å². The zero-order chi connectivity index (χ0) is 26.2. The summed E-state index contributed by atoms with van der Waals surface area (Å²) in [6.07, 6.45) is 0. The van der Waals surface area contributed by atoms with Crippen LogP contribution in [0.1, 0.15) is 0 Å². The Kier molecular flexibility index (Phi) is 4.74. The summed E-state index contributed by atoms with van der Waals surface area (Å²) in [5, 5.41) is 14.1. The van der Waals surface area contributed by atoms with Gasteiger partial charge in [0.1, 0.15) is 0 Å². The number of hydrogen-bond donors (Lipinski definition) is 0. The van der Waals surface area contributed by atoms with Gasteiger partial charge in [-0.15, -0.1) is 22.7 Å². The molecule has 0 spiro atoms. The van der Waals surface area contributed by atoms with Crippen molar-refractivity contribution in [2.24, 2.45) is 0 Å². The molecule has 0 N–H and O–H groups in total. The highest BCUT2D eigenvalue weighted by molar-refractivity contribution is 7.27. The minimum absolute atomic E-state index is 1.26. The quantitative estimate of drug-likeness (QED) is 0.191. The van der Waals surface area contributed by atoms with E-state index < -0.39 is 0 Å². The predicted octanol–water partition coefficient (Wildman–Crippen LogP) is 12.1. The van der Waals surface area contributed by atoms with E-state index in [2.05, 4.69) is 133 Å². The van der Waals surface area contributed by atoms with Gasteiger partial charge in [0.2, 0.25) is 0 Å². The highest BCUT2D eigenvalue weighted by atomic mass is 32.1. The van der Waals surface area contributed by atoms with Gasteiger partial charge in [-0.05, 0) is 84.0 Å². The predicted molar refractivity (Wildman–Crippen MR) is 178 cm³/mol. The summed E-state index contributed by atoms with van der Waals surface area (Å²) in [4.78, 5) is 0. The molecule has 0 bridgehead atoms. The van der Waals surface area contributed by atoms with Crippen LogP contribution < -0.4 is 0 Å². The molecule has 2 heterocycles. The van der Waals surface area contributed by atoms with Crippen molar-refractivity contribution in [2.45, 2.75) is 0 Å². The van der Waals surface area contributed by atoms with E-state index in [0.29, 0.717) is 0 Å². The van der Waals surface area contributed by atoms with Gasteiger partial charge in [0.25, 0.3) is 0 Å². The van der Waals surface area contributed by atoms with Gasteiger partial charge in [0.15, 0.2) is 0 Å². The maximum atomic E-state index is 2.44. The van der Waals surface area contributed by atoms with Crippen LogP contribution in [0.15, 0.2) is 133 Å². The van der Waals surface area contributed by atoms with Crippen LogP contribution in [-0.2, 0) is 0 Å². The fourth-order valence-electron chi connectivity index (χ4n) is 6.58. The van der Waals surface area contributed by atoms with Gasteiger partial charge in [-0.2, -0.15) is 0 Å². The van der Waals surface area contributed by atoms with E-state index in [4.69, 9.17) is 0 Å². The van der Waals surface area contributed by atoms with Gasteiger partial charge < -0.3 is 0 Å². The van der Waals surface area contributed by atoms with Gasteiger partial charge in [0.05, 0.1) is 0 Å². The fraction of sp³-hybridized carbons (Fsp3) is 0. The Hall–Kier alpha value is -4.50. The molecule has 9 rings (SSSR count). The molecule has 0 radical (unpaired) electrons. The third-order valence-electron chi connectivity index (χ3n) is 8.30. The second kappa shape index (κ2) is 8.50. The Morgan fingerprint density at radius 2 is 1.05 bits per heavy atom. The maximum absolute atomic E-state index is 2.44. The smallest absolute Gasteiger partial charge is 0.0448 e. The summed E-state index contributed by atoms with van der Waals surface area (Å²) < 4.78 is 4.11. The topological polar surface area (TPSA) is 0 Å². The number of benzene rings is 7. The molecule has 0 unspecified atom stereocenters. The summed E-state index contributed by atoms with van der Waals surface area (Å²) in [6.45, 7) is 0. The molecule has 0 atom stereocenters. The molecule has 0 nitrogen and oxygen atoms in total. The van der Waals surface area contributed by atoms with Crippen molar-refractivity contribution < 1.29 is 0 Å². The molecular formula is C38H22S2. The van der Waals surface area contributed by atoms with Crippen molar-refractivity contribution in [3.8, 4) is 22.3 Å². The van der Waals surface area contributed by atoms with Crippen molar-refractivity contribution >= 4 is 85.2 Å². The van der Waals surface area contributed by atoms with Gasteiger partial charge in [-0.1, -0.05) is 103 Å². The molecule has 186 valence electrons. The Morgan fingerprint density at radius 3 is 1.80 bits per heavy atom. The Bertz CT molecular complexity index is 2380. The van der Waals surface area contributed by atoms with Gasteiger partial charge in [-0.25, -0.2) is 0 Å². The number of hydrogen-bond acceptors (Lipinski definition) is 2. The largest absolute Gasteiger partial charge is 0.143 e. The first kappa shape index (κ1) is 22.3. The molecular weight excluding hydrogens is 521 g/mol. The maximum Gasteiger partial charge on any atom is 0.0448 e. The van der Waals surface area contributed by atoms with Crippen molar-refractivity contribution in [1.29, 1.82) is 0 Å². The second-order valence-electron chi connectivity index (χ2n) is 10.5. The monoisotopic (exact) mass is 542 g/mol. The third kappa shape index (κ3) is 3.12. The van der Waals surface area contributed by atoms with E-state index >= 15 is 0 Å². The lowest BCUT2D eigenvalue weighted by Gasteiger charge is -2.18. The molecule has 7 aromatic carbocycles. The lowest BCUT2D eigenvalue weighted by molar-refractivity contribution is 1.69. The van der Waals surface area contributed by atoms with Crippen LogP contribution in [0, 0.1) is 0 Å². The number of thiophene rings is 2. The van der Waals surface area contributed by atoms with E-state index in [-0.39, 0.29) is 0 Å². The van der Waals surface area contributed by atoms with Crippen molar-refractivity contribution in [3.63, 3.8) is 0 Å². The van der Waals surface area contributed by atoms with Crippen molar-refractivity contribution in [2.75, 3.05) is 0 Å². The molecule has 40 heavy (non-hydrogen) atoms. The fourth-order valence-corrected chi connectivity index (χ4v) is 8.82. The highest BCUT2D eigenvalue weighted by Gasteiger charge is 2.21. The van der Waals surface area contributed by atoms with Crippen LogP contribution in [-0.4, -0.2) is 0 Å². The van der Waals surface area contributed by atoms with Crippen LogP contribution in [0.25, 0.3) is 84.8 Å². The Balaban J connectivity index is 1.47. The third-order valence-corrected chi connectivity index (χ3v) is 10.5. The second-order valence-corrected chi connectivity index (χ2v) is 12.4. The van der Waals surface area contributed by atoms with Crippen LogP contribution in [0.2, 0.25) is 0 Å². The number of fused-ring (bicyclic) bond motifs is 8. The Morgan fingerprint density at radius 1 is 0.425 bits per heavy atom. The summed E-state index contributed by atoms with van der Waals surface area (Å²) >= 11 is 3.78. The van der Waals surface area contributed by atoms with Crippen LogP contribution in [0.5, 0.6) is 0 Å². The standard InChI is InChI=1S/C38H22S2/c1-2-10-24-21-25(18-17-23(24)9-1)34-27-11-3-5-13-29(27)35(30-14-6-4-12-28(30)34)32-22-26-19-20-39-37(26)36-31-15-7-8-16-33(31)40-38(32)36/h1-22H. The lowest BCUT2D eigenvalue weighted by Crippen LogP contribution is -1.91.